The third-order valence-electron chi connectivity index (χ3n) is 3.28. The van der Waals surface area contributed by atoms with E-state index in [4.69, 9.17) is 21.2 Å². The van der Waals surface area contributed by atoms with Gasteiger partial charge in [0.05, 0.1) is 17.6 Å². The Kier molecular flexibility index (Phi) is 5.95. The molecular weight excluding hydrogens is 354 g/mol. The second kappa shape index (κ2) is 7.76. The average molecular weight is 370 g/mol. The molecule has 0 amide bonds. The number of esters is 1. The molecule has 0 saturated carbocycles. The Morgan fingerprint density at radius 1 is 1.17 bits per heavy atom. The highest BCUT2D eigenvalue weighted by atomic mass is 35.5. The van der Waals surface area contributed by atoms with Crippen molar-refractivity contribution in [1.29, 1.82) is 0 Å². The van der Waals surface area contributed by atoms with Crippen LogP contribution in [0.3, 0.4) is 0 Å². The largest absolute Gasteiger partial charge is 0.457 e. The molecule has 2 rings (SSSR count). The lowest BCUT2D eigenvalue weighted by molar-refractivity contribution is -0.0258. The molecule has 0 aliphatic carbocycles. The number of sulfonamides is 1. The summed E-state index contributed by atoms with van der Waals surface area (Å²) in [7, 11) is -1.34. The third-order valence-corrected chi connectivity index (χ3v) is 5.32. The molecule has 6 nitrogen and oxygen atoms in total. The van der Waals surface area contributed by atoms with Gasteiger partial charge in [0.15, 0.2) is 0 Å². The van der Waals surface area contributed by atoms with Gasteiger partial charge in [-0.25, -0.2) is 13.2 Å². The van der Waals surface area contributed by atoms with Crippen LogP contribution in [0.15, 0.2) is 53.4 Å². The van der Waals surface area contributed by atoms with Crippen molar-refractivity contribution in [3.63, 3.8) is 0 Å². The van der Waals surface area contributed by atoms with E-state index in [-0.39, 0.29) is 17.1 Å². The fourth-order valence-corrected chi connectivity index (χ4v) is 3.08. The van der Waals surface area contributed by atoms with Crippen molar-refractivity contribution in [1.82, 2.24) is 4.47 Å². The van der Waals surface area contributed by atoms with E-state index in [0.717, 1.165) is 0 Å². The van der Waals surface area contributed by atoms with E-state index < -0.39 is 16.0 Å². The van der Waals surface area contributed by atoms with Gasteiger partial charge in [-0.15, -0.1) is 0 Å². The molecule has 0 N–H and O–H groups in total. The van der Waals surface area contributed by atoms with Crippen LogP contribution in [0.1, 0.15) is 15.9 Å². The van der Waals surface area contributed by atoms with E-state index in [1.165, 1.54) is 38.4 Å². The Labute approximate surface area is 145 Å². The minimum absolute atomic E-state index is 0.00649. The first-order chi connectivity index (χ1) is 11.4. The minimum Gasteiger partial charge on any atom is -0.457 e. The first-order valence-corrected chi connectivity index (χ1v) is 8.71. The minimum atomic E-state index is -3.84. The molecular formula is C16H16ClNO5S. The first kappa shape index (κ1) is 18.4. The number of halogens is 1. The van der Waals surface area contributed by atoms with Crippen LogP contribution >= 0.6 is 11.6 Å². The number of hydroxylamine groups is 1. The number of carbonyl (C=O) groups excluding carboxylic acids is 1. The topological polar surface area (TPSA) is 72.9 Å². The lowest BCUT2D eigenvalue weighted by Crippen LogP contribution is -2.25. The molecule has 8 heteroatoms. The summed E-state index contributed by atoms with van der Waals surface area (Å²) in [4.78, 5) is 16.8. The Morgan fingerprint density at radius 3 is 2.54 bits per heavy atom. The predicted molar refractivity (Wildman–Crippen MR) is 89.0 cm³/mol. The van der Waals surface area contributed by atoms with Crippen LogP contribution < -0.4 is 0 Å². The molecule has 0 fully saturated rings. The maximum absolute atomic E-state index is 12.2. The van der Waals surface area contributed by atoms with Gasteiger partial charge in [-0.3, -0.25) is 4.84 Å². The zero-order chi connectivity index (χ0) is 17.7. The predicted octanol–water partition coefficient (Wildman–Crippen LogP) is 2.88. The number of ether oxygens (including phenoxy) is 1. The molecule has 0 atom stereocenters. The van der Waals surface area contributed by atoms with Crippen LogP contribution in [0.5, 0.6) is 0 Å². The average Bonchev–Trinajstić information content (AvgIpc) is 2.60. The van der Waals surface area contributed by atoms with E-state index in [2.05, 4.69) is 0 Å². The van der Waals surface area contributed by atoms with Crippen molar-refractivity contribution in [2.75, 3.05) is 14.2 Å². The Morgan fingerprint density at radius 2 is 1.88 bits per heavy atom. The molecule has 128 valence electrons. The molecule has 0 heterocycles. The molecule has 0 spiro atoms. The third kappa shape index (κ3) is 4.12. The van der Waals surface area contributed by atoms with Crippen molar-refractivity contribution in [3.8, 4) is 0 Å². The fraction of sp³-hybridized carbons (Fsp3) is 0.188. The normalized spacial score (nSPS) is 11.5. The van der Waals surface area contributed by atoms with E-state index in [0.29, 0.717) is 15.1 Å². The van der Waals surface area contributed by atoms with Crippen molar-refractivity contribution < 1.29 is 22.8 Å². The summed E-state index contributed by atoms with van der Waals surface area (Å²) in [6.07, 6.45) is 0. The SMILES string of the molecule is CON(C)S(=O)(=O)c1cccc(C(=O)OCc2ccccc2Cl)c1. The number of benzene rings is 2. The van der Waals surface area contributed by atoms with E-state index >= 15 is 0 Å². The summed E-state index contributed by atoms with van der Waals surface area (Å²) in [6.45, 7) is -0.00649. The maximum atomic E-state index is 12.2. The molecule has 2 aromatic rings. The summed E-state index contributed by atoms with van der Waals surface area (Å²) in [6, 6.07) is 12.5. The Bertz CT molecular complexity index is 838. The quantitative estimate of drug-likeness (QED) is 0.578. The number of hydrogen-bond donors (Lipinski definition) is 0. The van der Waals surface area contributed by atoms with Crippen molar-refractivity contribution in [2.45, 2.75) is 11.5 Å². The second-order valence-electron chi connectivity index (χ2n) is 4.79. The summed E-state index contributed by atoms with van der Waals surface area (Å²) in [5.74, 6) is -0.646. The van der Waals surface area contributed by atoms with Gasteiger partial charge >= 0.3 is 5.97 Å². The second-order valence-corrected chi connectivity index (χ2v) is 7.14. The standard InChI is InChI=1S/C16H16ClNO5S/c1-18(22-2)24(20,21)14-8-5-7-12(10-14)16(19)23-11-13-6-3-4-9-15(13)17/h3-10H,11H2,1-2H3. The highest BCUT2D eigenvalue weighted by Gasteiger charge is 2.22. The van der Waals surface area contributed by atoms with Gasteiger partial charge in [-0.2, -0.15) is 0 Å². The molecule has 0 saturated heterocycles. The molecule has 0 aliphatic heterocycles. The van der Waals surface area contributed by atoms with Gasteiger partial charge in [0.25, 0.3) is 10.0 Å². The zero-order valence-corrected chi connectivity index (χ0v) is 14.7. The zero-order valence-electron chi connectivity index (χ0n) is 13.1. The van der Waals surface area contributed by atoms with E-state index in [1.807, 2.05) is 0 Å². The summed E-state index contributed by atoms with van der Waals surface area (Å²) in [5.41, 5.74) is 0.781. The van der Waals surface area contributed by atoms with Gasteiger partial charge in [0, 0.05) is 17.6 Å². The van der Waals surface area contributed by atoms with Gasteiger partial charge < -0.3 is 4.74 Å². The van der Waals surface area contributed by atoms with Crippen LogP contribution in [-0.4, -0.2) is 33.0 Å². The Balaban J connectivity index is 2.17. The lowest BCUT2D eigenvalue weighted by atomic mass is 10.2. The van der Waals surface area contributed by atoms with Gasteiger partial charge in [0.2, 0.25) is 0 Å². The van der Waals surface area contributed by atoms with Gasteiger partial charge in [0.1, 0.15) is 6.61 Å². The monoisotopic (exact) mass is 369 g/mol. The summed E-state index contributed by atoms with van der Waals surface area (Å²) >= 11 is 6.00. The van der Waals surface area contributed by atoms with Crippen molar-refractivity contribution in [3.05, 3.63) is 64.7 Å². The molecule has 24 heavy (non-hydrogen) atoms. The van der Waals surface area contributed by atoms with Crippen molar-refractivity contribution >= 4 is 27.6 Å². The van der Waals surface area contributed by atoms with Crippen LogP contribution in [0.4, 0.5) is 0 Å². The molecule has 2 aromatic carbocycles. The summed E-state index contributed by atoms with van der Waals surface area (Å²) < 4.78 is 30.3. The smallest absolute Gasteiger partial charge is 0.338 e. The fourth-order valence-electron chi connectivity index (χ4n) is 1.87. The highest BCUT2D eigenvalue weighted by Crippen LogP contribution is 2.19. The van der Waals surface area contributed by atoms with E-state index in [1.54, 1.807) is 24.3 Å². The first-order valence-electron chi connectivity index (χ1n) is 6.90. The lowest BCUT2D eigenvalue weighted by Gasteiger charge is -2.14. The van der Waals surface area contributed by atoms with E-state index in [9.17, 15) is 13.2 Å². The molecule has 0 aliphatic rings. The Hall–Kier alpha value is -1.93. The highest BCUT2D eigenvalue weighted by molar-refractivity contribution is 7.89. The van der Waals surface area contributed by atoms with Crippen LogP contribution in [0.25, 0.3) is 0 Å². The maximum Gasteiger partial charge on any atom is 0.338 e. The number of carbonyl (C=O) groups is 1. The van der Waals surface area contributed by atoms with Crippen LogP contribution in [-0.2, 0) is 26.2 Å². The molecule has 0 aromatic heterocycles. The van der Waals surface area contributed by atoms with Crippen LogP contribution in [0.2, 0.25) is 5.02 Å². The number of rotatable bonds is 6. The molecule has 0 unspecified atom stereocenters. The van der Waals surface area contributed by atoms with Gasteiger partial charge in [-0.05, 0) is 24.3 Å². The summed E-state index contributed by atoms with van der Waals surface area (Å²) in [5, 5.41) is 0.489. The van der Waals surface area contributed by atoms with Gasteiger partial charge in [-0.1, -0.05) is 40.3 Å². The van der Waals surface area contributed by atoms with Crippen molar-refractivity contribution in [2.24, 2.45) is 0 Å². The number of hydrogen-bond acceptors (Lipinski definition) is 5. The molecule has 0 bridgehead atoms. The van der Waals surface area contributed by atoms with Crippen LogP contribution in [0, 0.1) is 0 Å². The number of nitrogens with zero attached hydrogens (tertiary/aromatic N) is 1. The molecule has 0 radical (unpaired) electrons.